The third-order valence-corrected chi connectivity index (χ3v) is 6.14. The van der Waals surface area contributed by atoms with Gasteiger partial charge in [-0.05, 0) is 52.0 Å². The number of carbonyl (C=O) groups excluding carboxylic acids is 1. The molecule has 0 spiro atoms. The summed E-state index contributed by atoms with van der Waals surface area (Å²) in [5.41, 5.74) is 0.739. The van der Waals surface area contributed by atoms with Gasteiger partial charge in [0.1, 0.15) is 0 Å². The minimum absolute atomic E-state index is 0.0711. The van der Waals surface area contributed by atoms with E-state index < -0.39 is 5.76 Å². The maximum absolute atomic E-state index is 12.4. The molecule has 1 N–H and O–H groups in total. The molecule has 2 aromatic rings. The number of carbonyl (C=O) groups is 1. The Hall–Kier alpha value is -1.39. The van der Waals surface area contributed by atoms with E-state index in [9.17, 15) is 13.6 Å². The number of amides is 1. The van der Waals surface area contributed by atoms with Gasteiger partial charge in [0, 0.05) is 22.7 Å². The third-order valence-electron chi connectivity index (χ3n) is 3.46. The van der Waals surface area contributed by atoms with E-state index in [2.05, 4.69) is 15.5 Å². The van der Waals surface area contributed by atoms with Crippen LogP contribution in [-0.4, -0.2) is 44.6 Å². The van der Waals surface area contributed by atoms with E-state index in [-0.39, 0.29) is 18.0 Å². The summed E-state index contributed by atoms with van der Waals surface area (Å²) in [6.45, 7) is 8.00. The maximum Gasteiger partial charge on any atom is 0.288 e. The number of alkyl halides is 2. The molecule has 5 nitrogen and oxygen atoms in total. The molecular formula is C17H22F2N4OS3. The second-order valence-electron chi connectivity index (χ2n) is 6.18. The average molecular weight is 433 g/mol. The normalized spacial score (nSPS) is 11.4. The van der Waals surface area contributed by atoms with Crippen LogP contribution in [0.4, 0.5) is 19.6 Å². The van der Waals surface area contributed by atoms with Gasteiger partial charge in [-0.3, -0.25) is 4.79 Å². The number of nitrogens with one attached hydrogen (secondary N) is 1. The summed E-state index contributed by atoms with van der Waals surface area (Å²) in [6, 6.07) is 6.98. The SMILES string of the molecule is CC(C)N(C(=O)CSc1nnc(Nc2ccc(SC(F)F)cc2)s1)C(C)C. The van der Waals surface area contributed by atoms with Crippen LogP contribution in [0.25, 0.3) is 0 Å². The lowest BCUT2D eigenvalue weighted by Crippen LogP contribution is -2.43. The molecule has 2 rings (SSSR count). The van der Waals surface area contributed by atoms with E-state index in [1.54, 1.807) is 24.3 Å². The molecule has 0 unspecified atom stereocenters. The van der Waals surface area contributed by atoms with Gasteiger partial charge in [0.05, 0.1) is 5.75 Å². The van der Waals surface area contributed by atoms with Crippen LogP contribution in [0.3, 0.4) is 0 Å². The lowest BCUT2D eigenvalue weighted by Gasteiger charge is -2.30. The summed E-state index contributed by atoms with van der Waals surface area (Å²) in [5, 5.41) is 11.8. The summed E-state index contributed by atoms with van der Waals surface area (Å²) < 4.78 is 25.4. The number of halogens is 2. The van der Waals surface area contributed by atoms with E-state index in [0.29, 0.717) is 31.9 Å². The molecule has 1 aromatic heterocycles. The molecule has 0 aliphatic heterocycles. The van der Waals surface area contributed by atoms with Crippen LogP contribution in [0.1, 0.15) is 27.7 Å². The van der Waals surface area contributed by atoms with Gasteiger partial charge in [-0.15, -0.1) is 10.2 Å². The Morgan fingerprint density at radius 1 is 1.15 bits per heavy atom. The fourth-order valence-corrected chi connectivity index (χ4v) is 4.67. The summed E-state index contributed by atoms with van der Waals surface area (Å²) in [4.78, 5) is 14.8. The monoisotopic (exact) mass is 432 g/mol. The second-order valence-corrected chi connectivity index (χ2v) is 9.44. The predicted octanol–water partition coefficient (Wildman–Crippen LogP) is 5.33. The van der Waals surface area contributed by atoms with Gasteiger partial charge in [-0.1, -0.05) is 34.9 Å². The van der Waals surface area contributed by atoms with E-state index in [0.717, 1.165) is 5.69 Å². The van der Waals surface area contributed by atoms with Crippen LogP contribution < -0.4 is 5.32 Å². The molecule has 0 aliphatic carbocycles. The number of benzene rings is 1. The zero-order valence-corrected chi connectivity index (χ0v) is 17.9. The van der Waals surface area contributed by atoms with Crippen LogP contribution in [0.15, 0.2) is 33.5 Å². The van der Waals surface area contributed by atoms with E-state index >= 15 is 0 Å². The van der Waals surface area contributed by atoms with E-state index in [1.165, 1.54) is 23.1 Å². The second kappa shape index (κ2) is 10.2. The van der Waals surface area contributed by atoms with E-state index in [4.69, 9.17) is 0 Å². The van der Waals surface area contributed by atoms with Crippen LogP contribution in [0, 0.1) is 0 Å². The Kier molecular flexibility index (Phi) is 8.30. The zero-order chi connectivity index (χ0) is 20.0. The number of anilines is 2. The quantitative estimate of drug-likeness (QED) is 0.540. The van der Waals surface area contributed by atoms with E-state index in [1.807, 2.05) is 32.6 Å². The topological polar surface area (TPSA) is 58.1 Å². The molecule has 0 fully saturated rings. The zero-order valence-electron chi connectivity index (χ0n) is 15.5. The fourth-order valence-electron chi connectivity index (χ4n) is 2.53. The molecule has 27 heavy (non-hydrogen) atoms. The lowest BCUT2D eigenvalue weighted by molar-refractivity contribution is -0.131. The predicted molar refractivity (Wildman–Crippen MR) is 109 cm³/mol. The Balaban J connectivity index is 1.90. The van der Waals surface area contributed by atoms with Crippen molar-refractivity contribution in [1.82, 2.24) is 15.1 Å². The molecule has 1 aromatic carbocycles. The Bertz CT molecular complexity index is 730. The molecule has 148 valence electrons. The minimum Gasteiger partial charge on any atom is -0.337 e. The highest BCUT2D eigenvalue weighted by Crippen LogP contribution is 2.30. The summed E-state index contributed by atoms with van der Waals surface area (Å²) in [5.74, 6) is -2.05. The van der Waals surface area contributed by atoms with Crippen molar-refractivity contribution in [2.24, 2.45) is 0 Å². The molecule has 1 heterocycles. The van der Waals surface area contributed by atoms with Gasteiger partial charge in [0.25, 0.3) is 5.76 Å². The standard InChI is InChI=1S/C17H22F2N4OS3/c1-10(2)23(11(3)4)14(24)9-25-17-22-21-16(27-17)20-12-5-7-13(8-6-12)26-15(18)19/h5-8,10-11,15H,9H2,1-4H3,(H,20,21). The highest BCUT2D eigenvalue weighted by atomic mass is 32.2. The number of rotatable bonds is 9. The molecule has 0 bridgehead atoms. The maximum atomic E-state index is 12.4. The Morgan fingerprint density at radius 2 is 1.78 bits per heavy atom. The smallest absolute Gasteiger partial charge is 0.288 e. The molecule has 0 saturated heterocycles. The molecule has 0 saturated carbocycles. The van der Waals surface area contributed by atoms with Crippen molar-refractivity contribution in [2.75, 3.05) is 11.1 Å². The number of hydrogen-bond donors (Lipinski definition) is 1. The van der Waals surface area contributed by atoms with Crippen LogP contribution in [0.5, 0.6) is 0 Å². The first-order valence-electron chi connectivity index (χ1n) is 8.35. The third kappa shape index (κ3) is 6.93. The highest BCUT2D eigenvalue weighted by molar-refractivity contribution is 8.01. The van der Waals surface area contributed by atoms with Crippen molar-refractivity contribution in [3.05, 3.63) is 24.3 Å². The summed E-state index contributed by atoms with van der Waals surface area (Å²) >= 11 is 3.21. The molecule has 0 aliphatic rings. The first-order chi connectivity index (χ1) is 12.8. The molecular weight excluding hydrogens is 410 g/mol. The van der Waals surface area contributed by atoms with Crippen LogP contribution in [-0.2, 0) is 4.79 Å². The fraction of sp³-hybridized carbons (Fsp3) is 0.471. The largest absolute Gasteiger partial charge is 0.337 e. The number of hydrogen-bond acceptors (Lipinski definition) is 7. The van der Waals surface area contributed by atoms with Crippen molar-refractivity contribution in [3.8, 4) is 0 Å². The first-order valence-corrected chi connectivity index (χ1v) is 11.0. The van der Waals surface area contributed by atoms with Crippen molar-refractivity contribution in [2.45, 2.75) is 54.8 Å². The average Bonchev–Trinajstić information content (AvgIpc) is 3.01. The van der Waals surface area contributed by atoms with Gasteiger partial charge in [-0.2, -0.15) is 8.78 Å². The number of nitrogens with zero attached hydrogens (tertiary/aromatic N) is 3. The summed E-state index contributed by atoms with van der Waals surface area (Å²) in [7, 11) is 0. The summed E-state index contributed by atoms with van der Waals surface area (Å²) in [6.07, 6.45) is 0. The molecule has 1 amide bonds. The van der Waals surface area contributed by atoms with Gasteiger partial charge in [-0.25, -0.2) is 0 Å². The van der Waals surface area contributed by atoms with Crippen LogP contribution >= 0.6 is 34.9 Å². The van der Waals surface area contributed by atoms with Crippen molar-refractivity contribution in [1.29, 1.82) is 0 Å². The Labute approximate surface area is 170 Å². The first kappa shape index (κ1) is 21.9. The molecule has 0 radical (unpaired) electrons. The van der Waals surface area contributed by atoms with Gasteiger partial charge < -0.3 is 10.2 Å². The van der Waals surface area contributed by atoms with Crippen molar-refractivity contribution in [3.63, 3.8) is 0 Å². The van der Waals surface area contributed by atoms with Crippen LogP contribution in [0.2, 0.25) is 0 Å². The Morgan fingerprint density at radius 3 is 2.33 bits per heavy atom. The van der Waals surface area contributed by atoms with Crippen molar-refractivity contribution < 1.29 is 13.6 Å². The highest BCUT2D eigenvalue weighted by Gasteiger charge is 2.20. The van der Waals surface area contributed by atoms with Gasteiger partial charge in [0.15, 0.2) is 4.34 Å². The lowest BCUT2D eigenvalue weighted by atomic mass is 10.2. The van der Waals surface area contributed by atoms with Gasteiger partial charge >= 0.3 is 0 Å². The minimum atomic E-state index is -2.43. The van der Waals surface area contributed by atoms with Crippen molar-refractivity contribution >= 4 is 51.6 Å². The number of thioether (sulfide) groups is 2. The molecule has 0 atom stereocenters. The molecule has 10 heteroatoms. The van der Waals surface area contributed by atoms with Gasteiger partial charge in [0.2, 0.25) is 11.0 Å². The number of aromatic nitrogens is 2.